The van der Waals surface area contributed by atoms with Crippen molar-refractivity contribution >= 4 is 11.6 Å². The number of nitrogens with zero attached hydrogens (tertiary/aromatic N) is 2. The summed E-state index contributed by atoms with van der Waals surface area (Å²) in [4.78, 5) is 6.69. The van der Waals surface area contributed by atoms with E-state index in [0.717, 1.165) is 13.2 Å². The van der Waals surface area contributed by atoms with Gasteiger partial charge in [0.2, 0.25) is 0 Å². The van der Waals surface area contributed by atoms with E-state index in [1.165, 1.54) is 31.5 Å². The van der Waals surface area contributed by atoms with Crippen molar-refractivity contribution < 1.29 is 4.74 Å². The molecule has 2 fully saturated rings. The maximum Gasteiger partial charge on any atom is 0.129 e. The molecule has 98 valence electrons. The number of hydrogen-bond acceptors (Lipinski definition) is 3. The van der Waals surface area contributed by atoms with E-state index < -0.39 is 0 Å². The summed E-state index contributed by atoms with van der Waals surface area (Å²) >= 11 is 5.82. The van der Waals surface area contributed by atoms with Gasteiger partial charge >= 0.3 is 0 Å². The van der Waals surface area contributed by atoms with Crippen LogP contribution >= 0.6 is 11.6 Å². The largest absolute Gasteiger partial charge is 0.381 e. The fourth-order valence-electron chi connectivity index (χ4n) is 3.06. The fourth-order valence-corrected chi connectivity index (χ4v) is 3.17. The molecule has 1 atom stereocenters. The second-order valence-electron chi connectivity index (χ2n) is 5.61. The maximum atomic E-state index is 5.82. The van der Waals surface area contributed by atoms with Crippen LogP contribution in [0.25, 0.3) is 0 Å². The van der Waals surface area contributed by atoms with Crippen molar-refractivity contribution in [3.05, 3.63) is 29.0 Å². The van der Waals surface area contributed by atoms with Crippen LogP contribution in [-0.2, 0) is 4.74 Å². The molecule has 1 unspecified atom stereocenters. The van der Waals surface area contributed by atoms with E-state index in [1.54, 1.807) is 0 Å². The van der Waals surface area contributed by atoms with Crippen molar-refractivity contribution in [2.75, 3.05) is 26.3 Å². The summed E-state index contributed by atoms with van der Waals surface area (Å²) in [6.07, 6.45) is 4.33. The van der Waals surface area contributed by atoms with Crippen LogP contribution in [-0.4, -0.2) is 36.2 Å². The molecular formula is C14H19ClN2O. The summed E-state index contributed by atoms with van der Waals surface area (Å²) in [6.45, 7) is 6.51. The average molecular weight is 267 g/mol. The van der Waals surface area contributed by atoms with E-state index in [2.05, 4.69) is 22.9 Å². The summed E-state index contributed by atoms with van der Waals surface area (Å²) in [7, 11) is 0. The van der Waals surface area contributed by atoms with Crippen LogP contribution in [0.15, 0.2) is 18.3 Å². The highest BCUT2D eigenvalue weighted by atomic mass is 35.5. The van der Waals surface area contributed by atoms with Gasteiger partial charge in [-0.1, -0.05) is 17.7 Å². The van der Waals surface area contributed by atoms with E-state index in [4.69, 9.17) is 16.3 Å². The smallest absolute Gasteiger partial charge is 0.129 e. The molecular weight excluding hydrogens is 248 g/mol. The van der Waals surface area contributed by atoms with Crippen molar-refractivity contribution in [2.24, 2.45) is 5.41 Å². The Kier molecular flexibility index (Phi) is 3.31. The van der Waals surface area contributed by atoms with Crippen molar-refractivity contribution in [3.63, 3.8) is 0 Å². The minimum atomic E-state index is 0.434. The van der Waals surface area contributed by atoms with Gasteiger partial charge in [-0.2, -0.15) is 0 Å². The Morgan fingerprint density at radius 2 is 2.06 bits per heavy atom. The van der Waals surface area contributed by atoms with Crippen LogP contribution in [0.3, 0.4) is 0 Å². The Balaban J connectivity index is 1.62. The highest BCUT2D eigenvalue weighted by Crippen LogP contribution is 2.43. The summed E-state index contributed by atoms with van der Waals surface area (Å²) in [5.74, 6) is 0. The van der Waals surface area contributed by atoms with Crippen LogP contribution in [0.2, 0.25) is 5.15 Å². The van der Waals surface area contributed by atoms with Gasteiger partial charge in [0.15, 0.2) is 0 Å². The Morgan fingerprint density at radius 3 is 2.67 bits per heavy atom. The Labute approximate surface area is 113 Å². The van der Waals surface area contributed by atoms with Gasteiger partial charge in [-0.05, 0) is 31.4 Å². The van der Waals surface area contributed by atoms with Gasteiger partial charge in [0, 0.05) is 44.0 Å². The summed E-state index contributed by atoms with van der Waals surface area (Å²) in [5, 5.41) is 0.565. The molecule has 0 radical (unpaired) electrons. The van der Waals surface area contributed by atoms with Crippen LogP contribution in [0.1, 0.15) is 31.4 Å². The van der Waals surface area contributed by atoms with Gasteiger partial charge in [-0.3, -0.25) is 4.90 Å². The van der Waals surface area contributed by atoms with Crippen molar-refractivity contribution in [1.82, 2.24) is 9.88 Å². The first kappa shape index (κ1) is 12.4. The highest BCUT2D eigenvalue weighted by molar-refractivity contribution is 6.29. The van der Waals surface area contributed by atoms with Crippen molar-refractivity contribution in [3.8, 4) is 0 Å². The SMILES string of the molecule is CC(c1ccc(Cl)nc1)N1CC2(CCOCC2)C1. The maximum absolute atomic E-state index is 5.82. The van der Waals surface area contributed by atoms with E-state index in [-0.39, 0.29) is 0 Å². The molecule has 0 N–H and O–H groups in total. The van der Waals surface area contributed by atoms with Gasteiger partial charge < -0.3 is 4.74 Å². The molecule has 0 saturated carbocycles. The van der Waals surface area contributed by atoms with Crippen LogP contribution in [0.4, 0.5) is 0 Å². The molecule has 1 aromatic rings. The van der Waals surface area contributed by atoms with Crippen molar-refractivity contribution in [2.45, 2.75) is 25.8 Å². The molecule has 2 aliphatic heterocycles. The molecule has 1 spiro atoms. The summed E-state index contributed by atoms with van der Waals surface area (Å²) < 4.78 is 5.45. The summed E-state index contributed by atoms with van der Waals surface area (Å²) in [5.41, 5.74) is 1.79. The Bertz CT molecular complexity index is 406. The van der Waals surface area contributed by atoms with Gasteiger partial charge in [-0.15, -0.1) is 0 Å². The van der Waals surface area contributed by atoms with Crippen LogP contribution in [0, 0.1) is 5.41 Å². The monoisotopic (exact) mass is 266 g/mol. The van der Waals surface area contributed by atoms with Crippen molar-refractivity contribution in [1.29, 1.82) is 0 Å². The molecule has 2 aliphatic rings. The second-order valence-corrected chi connectivity index (χ2v) is 5.99. The molecule has 3 rings (SSSR count). The minimum Gasteiger partial charge on any atom is -0.381 e. The minimum absolute atomic E-state index is 0.434. The lowest BCUT2D eigenvalue weighted by Gasteiger charge is -2.54. The molecule has 4 heteroatoms. The topological polar surface area (TPSA) is 25.4 Å². The quantitative estimate of drug-likeness (QED) is 0.770. The fraction of sp³-hybridized carbons (Fsp3) is 0.643. The number of ether oxygens (including phenoxy) is 1. The Hall–Kier alpha value is -0.640. The van der Waals surface area contributed by atoms with Gasteiger partial charge in [-0.25, -0.2) is 4.98 Å². The first-order valence-corrected chi connectivity index (χ1v) is 7.00. The highest BCUT2D eigenvalue weighted by Gasteiger charge is 2.45. The molecule has 3 heterocycles. The number of rotatable bonds is 2. The predicted octanol–water partition coefficient (Wildman–Crippen LogP) is 2.91. The van der Waals surface area contributed by atoms with E-state index in [0.29, 0.717) is 16.6 Å². The zero-order chi connectivity index (χ0) is 12.6. The van der Waals surface area contributed by atoms with E-state index >= 15 is 0 Å². The van der Waals surface area contributed by atoms with Gasteiger partial charge in [0.1, 0.15) is 5.15 Å². The molecule has 0 aliphatic carbocycles. The van der Waals surface area contributed by atoms with E-state index in [9.17, 15) is 0 Å². The number of halogens is 1. The predicted molar refractivity (Wildman–Crippen MR) is 71.7 cm³/mol. The number of hydrogen-bond donors (Lipinski definition) is 0. The van der Waals surface area contributed by atoms with E-state index in [1.807, 2.05) is 12.3 Å². The zero-order valence-corrected chi connectivity index (χ0v) is 11.5. The first-order valence-electron chi connectivity index (χ1n) is 6.62. The average Bonchev–Trinajstić information content (AvgIpc) is 2.37. The first-order chi connectivity index (χ1) is 8.69. The van der Waals surface area contributed by atoms with Gasteiger partial charge in [0.25, 0.3) is 0 Å². The van der Waals surface area contributed by atoms with Crippen LogP contribution in [0.5, 0.6) is 0 Å². The number of aromatic nitrogens is 1. The summed E-state index contributed by atoms with van der Waals surface area (Å²) in [6, 6.07) is 4.38. The third-order valence-electron chi connectivity index (χ3n) is 4.41. The molecule has 0 amide bonds. The van der Waals surface area contributed by atoms with Gasteiger partial charge in [0.05, 0.1) is 0 Å². The lowest BCUT2D eigenvalue weighted by atomic mass is 9.72. The standard InChI is InChI=1S/C14H19ClN2O/c1-11(12-2-3-13(15)16-8-12)17-9-14(10-17)4-6-18-7-5-14/h2-3,8,11H,4-7,9-10H2,1H3. The third-order valence-corrected chi connectivity index (χ3v) is 4.63. The molecule has 2 saturated heterocycles. The number of pyridine rings is 1. The molecule has 1 aromatic heterocycles. The second kappa shape index (κ2) is 4.80. The molecule has 18 heavy (non-hydrogen) atoms. The zero-order valence-electron chi connectivity index (χ0n) is 10.7. The Morgan fingerprint density at radius 1 is 1.33 bits per heavy atom. The lowest BCUT2D eigenvalue weighted by molar-refractivity contribution is -0.0953. The molecule has 3 nitrogen and oxygen atoms in total. The normalized spacial score (nSPS) is 24.8. The molecule has 0 bridgehead atoms. The number of likely N-dealkylation sites (tertiary alicyclic amines) is 1. The lowest BCUT2D eigenvalue weighted by Crippen LogP contribution is -2.58. The van der Waals surface area contributed by atoms with Crippen LogP contribution < -0.4 is 0 Å². The third kappa shape index (κ3) is 2.27. The molecule has 0 aromatic carbocycles.